The summed E-state index contributed by atoms with van der Waals surface area (Å²) >= 11 is 12.3. The second-order valence-corrected chi connectivity index (χ2v) is 16.7. The van der Waals surface area contributed by atoms with E-state index in [1.165, 1.54) is 0 Å². The largest absolute Gasteiger partial charge is 0.403 e. The van der Waals surface area contributed by atoms with Gasteiger partial charge in [-0.15, -0.1) is 0 Å². The summed E-state index contributed by atoms with van der Waals surface area (Å²) in [6, 6.07) is 14.2. The molecule has 1 heterocycles. The normalized spacial score (nSPS) is 18.0. The maximum atomic E-state index is 13.4. The third kappa shape index (κ3) is 6.36. The number of ketones is 1. The molecule has 2 atom stereocenters. The first kappa shape index (κ1) is 27.9. The quantitative estimate of drug-likeness (QED) is 0.406. The molecular formula is C27H36Cl2N2O3Si. The van der Waals surface area contributed by atoms with Crippen LogP contribution in [0.2, 0.25) is 28.2 Å². The van der Waals surface area contributed by atoms with Crippen LogP contribution in [0.25, 0.3) is 0 Å². The molecule has 35 heavy (non-hydrogen) atoms. The molecule has 2 aromatic rings. The van der Waals surface area contributed by atoms with Gasteiger partial charge < -0.3 is 9.74 Å². The number of likely N-dealkylation sites (tertiary alicyclic amines) is 1. The first-order chi connectivity index (χ1) is 16.2. The Bertz CT molecular complexity index is 1000. The zero-order valence-electron chi connectivity index (χ0n) is 21.6. The van der Waals surface area contributed by atoms with Gasteiger partial charge in [0.15, 0.2) is 14.1 Å². The van der Waals surface area contributed by atoms with Crippen LogP contribution in [-0.4, -0.2) is 49.6 Å². The number of halogens is 2. The highest BCUT2D eigenvalue weighted by atomic mass is 35.5. The molecule has 5 nitrogen and oxygen atoms in total. The maximum Gasteiger partial charge on any atom is 0.250 e. The molecule has 1 aliphatic heterocycles. The van der Waals surface area contributed by atoms with Gasteiger partial charge in [0.2, 0.25) is 5.91 Å². The smallest absolute Gasteiger partial charge is 0.250 e. The van der Waals surface area contributed by atoms with E-state index in [4.69, 9.17) is 27.6 Å². The van der Waals surface area contributed by atoms with E-state index in [-0.39, 0.29) is 35.4 Å². The highest BCUT2D eigenvalue weighted by molar-refractivity contribution is 6.74. The molecule has 0 aliphatic carbocycles. The van der Waals surface area contributed by atoms with E-state index in [9.17, 15) is 9.59 Å². The van der Waals surface area contributed by atoms with Crippen molar-refractivity contribution < 1.29 is 14.0 Å². The summed E-state index contributed by atoms with van der Waals surface area (Å²) in [5.74, 6) is -0.251. The van der Waals surface area contributed by atoms with Crippen LogP contribution in [0.1, 0.15) is 51.8 Å². The van der Waals surface area contributed by atoms with Crippen LogP contribution in [0.15, 0.2) is 48.5 Å². The fourth-order valence-corrected chi connectivity index (χ4v) is 5.50. The highest BCUT2D eigenvalue weighted by Gasteiger charge is 2.52. The maximum absolute atomic E-state index is 13.4. The van der Waals surface area contributed by atoms with Gasteiger partial charge in [0.25, 0.3) is 0 Å². The summed E-state index contributed by atoms with van der Waals surface area (Å²) in [4.78, 5) is 28.7. The van der Waals surface area contributed by atoms with E-state index in [0.29, 0.717) is 10.0 Å². The lowest BCUT2D eigenvalue weighted by atomic mass is 9.87. The first-order valence-electron chi connectivity index (χ1n) is 12.0. The minimum Gasteiger partial charge on any atom is -0.403 e. The number of nitrogens with zero attached hydrogens (tertiary/aromatic N) is 1. The Morgan fingerprint density at radius 3 is 1.83 bits per heavy atom. The Morgan fingerprint density at radius 2 is 1.46 bits per heavy atom. The molecule has 1 aliphatic rings. The molecular weight excluding hydrogens is 499 g/mol. The van der Waals surface area contributed by atoms with Gasteiger partial charge >= 0.3 is 0 Å². The zero-order chi connectivity index (χ0) is 26.1. The van der Waals surface area contributed by atoms with Crippen LogP contribution in [0.3, 0.4) is 0 Å². The Balaban J connectivity index is 2.06. The fourth-order valence-electron chi connectivity index (χ4n) is 4.03. The number of amides is 1. The lowest BCUT2D eigenvalue weighted by Crippen LogP contribution is -2.68. The van der Waals surface area contributed by atoms with E-state index in [1.807, 2.05) is 62.4 Å². The van der Waals surface area contributed by atoms with Crippen LogP contribution in [0.5, 0.6) is 0 Å². The monoisotopic (exact) mass is 534 g/mol. The summed E-state index contributed by atoms with van der Waals surface area (Å²) in [6.45, 7) is 14.6. The lowest BCUT2D eigenvalue weighted by Gasteiger charge is -2.50. The predicted octanol–water partition coefficient (Wildman–Crippen LogP) is 6.25. The molecule has 0 bridgehead atoms. The molecule has 190 valence electrons. The van der Waals surface area contributed by atoms with E-state index < -0.39 is 20.5 Å². The van der Waals surface area contributed by atoms with Gasteiger partial charge in [0.1, 0.15) is 12.1 Å². The number of rotatable bonds is 8. The van der Waals surface area contributed by atoms with Crippen LogP contribution >= 0.6 is 23.2 Å². The van der Waals surface area contributed by atoms with E-state index in [0.717, 1.165) is 11.1 Å². The van der Waals surface area contributed by atoms with Crippen LogP contribution in [0, 0.1) is 0 Å². The molecule has 0 spiro atoms. The van der Waals surface area contributed by atoms with Gasteiger partial charge in [-0.2, -0.15) is 0 Å². The average molecular weight is 536 g/mol. The second kappa shape index (κ2) is 10.7. The molecule has 0 radical (unpaired) electrons. The van der Waals surface area contributed by atoms with Crippen molar-refractivity contribution in [3.8, 4) is 0 Å². The van der Waals surface area contributed by atoms with Crippen molar-refractivity contribution in [2.45, 2.75) is 77.0 Å². The first-order valence-corrected chi connectivity index (χ1v) is 15.7. The molecule has 3 rings (SSSR count). The molecule has 2 unspecified atom stereocenters. The zero-order valence-corrected chi connectivity index (χ0v) is 24.1. The molecule has 2 aromatic carbocycles. The van der Waals surface area contributed by atoms with Crippen LogP contribution in [-0.2, 0) is 14.0 Å². The van der Waals surface area contributed by atoms with Crippen molar-refractivity contribution in [2.24, 2.45) is 0 Å². The predicted molar refractivity (Wildman–Crippen MR) is 146 cm³/mol. The summed E-state index contributed by atoms with van der Waals surface area (Å²) in [7, 11) is -2.37. The molecule has 8 heteroatoms. The number of hydrogen-bond acceptors (Lipinski definition) is 4. The molecule has 0 aromatic heterocycles. The molecule has 1 saturated heterocycles. The summed E-state index contributed by atoms with van der Waals surface area (Å²) < 4.78 is 6.65. The van der Waals surface area contributed by atoms with Crippen molar-refractivity contribution in [1.82, 2.24) is 10.2 Å². The van der Waals surface area contributed by atoms with E-state index >= 15 is 0 Å². The molecule has 1 N–H and O–H groups in total. The van der Waals surface area contributed by atoms with Crippen LogP contribution < -0.4 is 5.32 Å². The number of Topliss-reactive ketones (excluding diaryl/α,β-unsaturated/α-hetero) is 1. The molecule has 1 fully saturated rings. The van der Waals surface area contributed by atoms with Gasteiger partial charge in [-0.05, 0) is 67.4 Å². The van der Waals surface area contributed by atoms with Crippen molar-refractivity contribution in [3.63, 3.8) is 0 Å². The van der Waals surface area contributed by atoms with Crippen molar-refractivity contribution in [3.05, 3.63) is 69.7 Å². The minimum absolute atomic E-state index is 0.000502. The van der Waals surface area contributed by atoms with Crippen molar-refractivity contribution in [2.75, 3.05) is 6.54 Å². The van der Waals surface area contributed by atoms with Gasteiger partial charge in [-0.25, -0.2) is 0 Å². The second-order valence-electron chi connectivity index (χ2n) is 11.1. The average Bonchev–Trinajstić information content (AvgIpc) is 2.74. The third-order valence-corrected chi connectivity index (χ3v) is 11.9. The SMILES string of the molecule is CC(C)NC(=O)C(O[Si](C)(C)C(C)(C)C)C1C(=O)CN1C(c1ccc(Cl)cc1)c1ccc(Cl)cc1. The van der Waals surface area contributed by atoms with Gasteiger partial charge in [0, 0.05) is 16.1 Å². The Morgan fingerprint density at radius 1 is 1.00 bits per heavy atom. The number of carbonyl (C=O) groups is 2. The fraction of sp³-hybridized carbons (Fsp3) is 0.481. The van der Waals surface area contributed by atoms with Gasteiger partial charge in [-0.1, -0.05) is 68.2 Å². The third-order valence-electron chi connectivity index (χ3n) is 6.93. The topological polar surface area (TPSA) is 58.6 Å². The Labute approximate surface area is 220 Å². The molecule has 1 amide bonds. The van der Waals surface area contributed by atoms with E-state index in [2.05, 4.69) is 44.1 Å². The van der Waals surface area contributed by atoms with Crippen LogP contribution in [0.4, 0.5) is 0 Å². The molecule has 0 saturated carbocycles. The Hall–Kier alpha value is -1.70. The number of benzene rings is 2. The van der Waals surface area contributed by atoms with Crippen molar-refractivity contribution in [1.29, 1.82) is 0 Å². The summed E-state index contributed by atoms with van der Waals surface area (Å²) in [6.07, 6.45) is -0.901. The highest BCUT2D eigenvalue weighted by Crippen LogP contribution is 2.41. The van der Waals surface area contributed by atoms with Gasteiger partial charge in [-0.3, -0.25) is 14.5 Å². The van der Waals surface area contributed by atoms with E-state index in [1.54, 1.807) is 0 Å². The number of nitrogens with one attached hydrogen (secondary N) is 1. The summed E-state index contributed by atoms with van der Waals surface area (Å²) in [5, 5.41) is 4.14. The Kier molecular flexibility index (Phi) is 8.55. The minimum atomic E-state index is -2.37. The summed E-state index contributed by atoms with van der Waals surface area (Å²) in [5.41, 5.74) is 1.95. The lowest BCUT2D eigenvalue weighted by molar-refractivity contribution is -0.152. The van der Waals surface area contributed by atoms with Crippen molar-refractivity contribution >= 4 is 43.2 Å². The number of carbonyl (C=O) groups excluding carboxylic acids is 2. The number of hydrogen-bond donors (Lipinski definition) is 1. The standard InChI is InChI=1S/C27H36Cl2N2O3Si/c1-17(2)30-26(33)25(34-35(6,7)27(3,4)5)24-22(32)16-31(24)23(18-8-12-20(28)13-9-18)19-10-14-21(29)15-11-19/h8-15,17,23-25H,16H2,1-7H3,(H,30,33). The van der Waals surface area contributed by atoms with Gasteiger partial charge in [0.05, 0.1) is 12.6 Å².